The molecule has 0 radical (unpaired) electrons. The molecule has 0 aromatic carbocycles. The van der Waals surface area contributed by atoms with Gasteiger partial charge in [-0.25, -0.2) is 12.7 Å². The van der Waals surface area contributed by atoms with Crippen LogP contribution in [0, 0.1) is 22.7 Å². The lowest BCUT2D eigenvalue weighted by molar-refractivity contribution is -0.128. The largest absolute Gasteiger partial charge is 0.350 e. The standard InChI is InChI=1S/C18H29NO5S/c1-17(2)14-3-6-18(17,15(20)11-14)12-25(21,22)19-7-4-13(5-8-19)16-23-9-10-24-16/h13-14,16H,3-12H2,1-2H3. The van der Waals surface area contributed by atoms with Crippen LogP contribution in [0.2, 0.25) is 0 Å². The third kappa shape index (κ3) is 2.69. The molecule has 2 saturated carbocycles. The predicted molar refractivity (Wildman–Crippen MR) is 92.3 cm³/mol. The number of piperidine rings is 1. The van der Waals surface area contributed by atoms with Gasteiger partial charge in [-0.05, 0) is 37.0 Å². The summed E-state index contributed by atoms with van der Waals surface area (Å²) in [6, 6.07) is 0. The Morgan fingerprint density at radius 2 is 1.76 bits per heavy atom. The second-order valence-corrected chi connectivity index (χ2v) is 10.7. The molecule has 2 unspecified atom stereocenters. The van der Waals surface area contributed by atoms with Gasteiger partial charge in [0.2, 0.25) is 10.0 Å². The van der Waals surface area contributed by atoms with Crippen LogP contribution in [0.15, 0.2) is 0 Å². The molecule has 4 rings (SSSR count). The molecular formula is C18H29NO5S. The van der Waals surface area contributed by atoms with E-state index in [4.69, 9.17) is 9.47 Å². The van der Waals surface area contributed by atoms with Crippen LogP contribution in [0.1, 0.15) is 46.0 Å². The van der Waals surface area contributed by atoms with Gasteiger partial charge in [0.15, 0.2) is 6.29 Å². The highest BCUT2D eigenvalue weighted by atomic mass is 32.2. The van der Waals surface area contributed by atoms with E-state index in [9.17, 15) is 13.2 Å². The van der Waals surface area contributed by atoms with Gasteiger partial charge < -0.3 is 9.47 Å². The smallest absolute Gasteiger partial charge is 0.215 e. The van der Waals surface area contributed by atoms with Crippen LogP contribution in [0.4, 0.5) is 0 Å². The summed E-state index contributed by atoms with van der Waals surface area (Å²) in [7, 11) is -3.43. The number of carbonyl (C=O) groups is 1. The van der Waals surface area contributed by atoms with E-state index in [0.29, 0.717) is 38.6 Å². The molecule has 0 amide bonds. The minimum atomic E-state index is -3.43. The summed E-state index contributed by atoms with van der Waals surface area (Å²) >= 11 is 0. The quantitative estimate of drug-likeness (QED) is 0.753. The maximum absolute atomic E-state index is 13.1. The summed E-state index contributed by atoms with van der Waals surface area (Å²) in [5.74, 6) is 0.772. The Balaban J connectivity index is 1.45. The van der Waals surface area contributed by atoms with Crippen molar-refractivity contribution in [3.05, 3.63) is 0 Å². The first-order chi connectivity index (χ1) is 11.8. The van der Waals surface area contributed by atoms with Crippen molar-refractivity contribution in [1.82, 2.24) is 4.31 Å². The molecule has 25 heavy (non-hydrogen) atoms. The van der Waals surface area contributed by atoms with Crippen molar-refractivity contribution >= 4 is 15.8 Å². The molecule has 6 nitrogen and oxygen atoms in total. The molecule has 4 aliphatic rings. The molecule has 2 atom stereocenters. The number of nitrogens with zero attached hydrogens (tertiary/aromatic N) is 1. The molecule has 0 aromatic rings. The topological polar surface area (TPSA) is 72.9 Å². The Morgan fingerprint density at radius 3 is 2.28 bits per heavy atom. The zero-order chi connectivity index (χ0) is 17.9. The molecule has 0 aromatic heterocycles. The number of hydrogen-bond acceptors (Lipinski definition) is 5. The Labute approximate surface area is 150 Å². The van der Waals surface area contributed by atoms with Crippen LogP contribution >= 0.6 is 0 Å². The minimum absolute atomic E-state index is 0.0105. The zero-order valence-corrected chi connectivity index (χ0v) is 16.0. The summed E-state index contributed by atoms with van der Waals surface area (Å²) in [5, 5.41) is 0. The summed E-state index contributed by atoms with van der Waals surface area (Å²) in [5.41, 5.74) is -0.883. The van der Waals surface area contributed by atoms with Crippen molar-refractivity contribution in [3.8, 4) is 0 Å². The molecular weight excluding hydrogens is 342 g/mol. The van der Waals surface area contributed by atoms with Crippen molar-refractivity contribution in [2.75, 3.05) is 32.1 Å². The van der Waals surface area contributed by atoms with Gasteiger partial charge in [-0.15, -0.1) is 0 Å². The van der Waals surface area contributed by atoms with Gasteiger partial charge in [-0.2, -0.15) is 0 Å². The first-order valence-electron chi connectivity index (χ1n) is 9.51. The van der Waals surface area contributed by atoms with Crippen molar-refractivity contribution in [1.29, 1.82) is 0 Å². The lowest BCUT2D eigenvalue weighted by Crippen LogP contribution is -2.49. The van der Waals surface area contributed by atoms with Crippen molar-refractivity contribution in [2.45, 2.75) is 52.2 Å². The van der Waals surface area contributed by atoms with E-state index < -0.39 is 15.4 Å². The van der Waals surface area contributed by atoms with Crippen molar-refractivity contribution in [3.63, 3.8) is 0 Å². The highest BCUT2D eigenvalue weighted by Gasteiger charge is 2.65. The minimum Gasteiger partial charge on any atom is -0.350 e. The Kier molecular flexibility index (Phi) is 4.30. The third-order valence-corrected chi connectivity index (χ3v) is 9.50. The molecule has 4 fully saturated rings. The van der Waals surface area contributed by atoms with Crippen LogP contribution < -0.4 is 0 Å². The molecule has 0 spiro atoms. The first kappa shape index (κ1) is 17.9. The van der Waals surface area contributed by atoms with Gasteiger partial charge >= 0.3 is 0 Å². The number of rotatable bonds is 4. The lowest BCUT2D eigenvalue weighted by atomic mass is 9.70. The Hall–Kier alpha value is -0.500. The molecule has 2 aliphatic carbocycles. The summed E-state index contributed by atoms with van der Waals surface area (Å²) in [6.45, 7) is 6.45. The van der Waals surface area contributed by atoms with Crippen molar-refractivity contribution in [2.24, 2.45) is 22.7 Å². The van der Waals surface area contributed by atoms with Crippen LogP contribution in [0.25, 0.3) is 0 Å². The Morgan fingerprint density at radius 1 is 1.12 bits per heavy atom. The van der Waals surface area contributed by atoms with E-state index in [-0.39, 0.29) is 29.2 Å². The molecule has 142 valence electrons. The monoisotopic (exact) mass is 371 g/mol. The van der Waals surface area contributed by atoms with Crippen LogP contribution in [0.5, 0.6) is 0 Å². The fourth-order valence-electron chi connectivity index (χ4n) is 5.59. The summed E-state index contributed by atoms with van der Waals surface area (Å²) < 4.78 is 38.9. The van der Waals surface area contributed by atoms with Gasteiger partial charge in [0.1, 0.15) is 5.78 Å². The number of hydrogen-bond donors (Lipinski definition) is 0. The van der Waals surface area contributed by atoms with Crippen LogP contribution in [-0.2, 0) is 24.3 Å². The highest BCUT2D eigenvalue weighted by molar-refractivity contribution is 7.89. The average molecular weight is 371 g/mol. The second-order valence-electron chi connectivity index (χ2n) is 8.77. The normalized spacial score (nSPS) is 37.2. The molecule has 2 bridgehead atoms. The SMILES string of the molecule is CC1(C)C2CCC1(CS(=O)(=O)N1CCC(C3OCCO3)CC1)C(=O)C2. The molecule has 7 heteroatoms. The maximum atomic E-state index is 13.1. The van der Waals surface area contributed by atoms with E-state index >= 15 is 0 Å². The van der Waals surface area contributed by atoms with Crippen LogP contribution in [-0.4, -0.2) is 56.9 Å². The summed E-state index contributed by atoms with van der Waals surface area (Å²) in [4.78, 5) is 12.6. The van der Waals surface area contributed by atoms with Crippen LogP contribution in [0.3, 0.4) is 0 Å². The summed E-state index contributed by atoms with van der Waals surface area (Å²) in [6.07, 6.45) is 3.61. The van der Waals surface area contributed by atoms with Gasteiger partial charge in [0.25, 0.3) is 0 Å². The number of fused-ring (bicyclic) bond motifs is 2. The molecule has 2 saturated heterocycles. The number of ether oxygens (including phenoxy) is 2. The zero-order valence-electron chi connectivity index (χ0n) is 15.2. The number of carbonyl (C=O) groups excluding carboxylic acids is 1. The van der Waals surface area contributed by atoms with E-state index in [1.807, 2.05) is 0 Å². The maximum Gasteiger partial charge on any atom is 0.215 e. The predicted octanol–water partition coefficient (Wildman–Crippen LogP) is 1.80. The lowest BCUT2D eigenvalue weighted by Gasteiger charge is -2.39. The van der Waals surface area contributed by atoms with Gasteiger partial charge in [-0.3, -0.25) is 4.79 Å². The number of Topliss-reactive ketones (excluding diaryl/α,β-unsaturated/α-hetero) is 1. The molecule has 2 heterocycles. The van der Waals surface area contributed by atoms with Gasteiger partial charge in [0, 0.05) is 30.8 Å². The fourth-order valence-corrected chi connectivity index (χ4v) is 7.84. The van der Waals surface area contributed by atoms with E-state index in [1.54, 1.807) is 4.31 Å². The second kappa shape index (κ2) is 6.01. The van der Waals surface area contributed by atoms with E-state index in [2.05, 4.69) is 13.8 Å². The van der Waals surface area contributed by atoms with Gasteiger partial charge in [0.05, 0.1) is 19.0 Å². The fraction of sp³-hybridized carbons (Fsp3) is 0.944. The molecule has 0 N–H and O–H groups in total. The van der Waals surface area contributed by atoms with E-state index in [0.717, 1.165) is 25.7 Å². The van der Waals surface area contributed by atoms with Gasteiger partial charge in [-0.1, -0.05) is 13.8 Å². The highest BCUT2D eigenvalue weighted by Crippen LogP contribution is 2.64. The van der Waals surface area contributed by atoms with Crippen molar-refractivity contribution < 1.29 is 22.7 Å². The Bertz CT molecular complexity index is 646. The first-order valence-corrected chi connectivity index (χ1v) is 11.1. The number of sulfonamides is 1. The third-order valence-electron chi connectivity index (χ3n) is 7.49. The number of ketones is 1. The molecule has 2 aliphatic heterocycles. The average Bonchev–Trinajstić information content (AvgIpc) is 3.22. The van der Waals surface area contributed by atoms with E-state index in [1.165, 1.54) is 0 Å².